The number of esters is 2. The number of rotatable bonds is 7. The Bertz CT molecular complexity index is 1270. The molecule has 1 aliphatic rings. The molecule has 1 amide bonds. The van der Waals surface area contributed by atoms with Gasteiger partial charge in [0.1, 0.15) is 11.7 Å². The fourth-order valence-corrected chi connectivity index (χ4v) is 3.90. The van der Waals surface area contributed by atoms with Gasteiger partial charge < -0.3 is 45.4 Å². The monoisotopic (exact) mass is 529 g/mol. The molecule has 1 saturated carbocycles. The minimum atomic E-state index is -2.12. The number of aromatic hydroxyl groups is 4. The number of hydrogen-bond acceptors (Lipinski definition) is 11. The molecule has 0 spiro atoms. The Labute approximate surface area is 216 Å². The maximum absolute atomic E-state index is 12.5. The number of ether oxygens (including phenoxy) is 2. The highest BCUT2D eigenvalue weighted by Crippen LogP contribution is 2.33. The van der Waals surface area contributed by atoms with E-state index in [9.17, 15) is 45.0 Å². The second-order valence-electron chi connectivity index (χ2n) is 8.63. The van der Waals surface area contributed by atoms with E-state index < -0.39 is 66.1 Å². The van der Waals surface area contributed by atoms with Gasteiger partial charge in [0, 0.05) is 32.0 Å². The minimum absolute atomic E-state index is 0.344. The van der Waals surface area contributed by atoms with Crippen molar-refractivity contribution in [2.45, 2.75) is 36.8 Å². The van der Waals surface area contributed by atoms with Gasteiger partial charge in [-0.2, -0.15) is 0 Å². The number of phenolic OH excluding ortho intramolecular Hbond substituents is 4. The summed E-state index contributed by atoms with van der Waals surface area (Å²) in [5.74, 6) is -4.26. The topological polar surface area (TPSA) is 203 Å². The quantitative estimate of drug-likeness (QED) is 0.151. The average Bonchev–Trinajstić information content (AvgIpc) is 2.87. The molecule has 2 aromatic rings. The molecule has 0 aliphatic heterocycles. The van der Waals surface area contributed by atoms with E-state index in [-0.39, 0.29) is 11.5 Å². The SMILES string of the molecule is CNC(=O)[C@@]1(O)C[C@@H](O)C(OC(=O)/C=C/c2ccc(O)c(O)c2)[C@H](OC(=O)/C=C/c2ccc(O)c(O)c2)C1. The van der Waals surface area contributed by atoms with Crippen molar-refractivity contribution in [3.05, 3.63) is 59.7 Å². The number of phenols is 4. The van der Waals surface area contributed by atoms with E-state index in [0.717, 1.165) is 12.2 Å². The van der Waals surface area contributed by atoms with Gasteiger partial charge in [0.25, 0.3) is 5.91 Å². The number of hydrogen-bond donors (Lipinski definition) is 7. The summed E-state index contributed by atoms with van der Waals surface area (Å²) < 4.78 is 10.6. The third-order valence-corrected chi connectivity index (χ3v) is 5.82. The molecule has 38 heavy (non-hydrogen) atoms. The van der Waals surface area contributed by atoms with Crippen LogP contribution in [-0.4, -0.2) is 79.4 Å². The second kappa shape index (κ2) is 11.7. The molecule has 0 bridgehead atoms. The number of carbonyl (C=O) groups is 3. The Morgan fingerprint density at radius 1 is 0.842 bits per heavy atom. The van der Waals surface area contributed by atoms with Crippen LogP contribution in [0.25, 0.3) is 12.2 Å². The normalized spacial score (nSPS) is 23.3. The van der Waals surface area contributed by atoms with Crippen molar-refractivity contribution in [3.63, 3.8) is 0 Å². The molecule has 1 aliphatic carbocycles. The molecule has 7 N–H and O–H groups in total. The van der Waals surface area contributed by atoms with Crippen LogP contribution in [0.15, 0.2) is 48.6 Å². The fraction of sp³-hybridized carbons (Fsp3) is 0.269. The molecule has 12 nitrogen and oxygen atoms in total. The summed E-state index contributed by atoms with van der Waals surface area (Å²) in [5, 5.41) is 61.6. The molecule has 0 heterocycles. The van der Waals surface area contributed by atoms with Crippen LogP contribution in [0, 0.1) is 0 Å². The molecule has 4 atom stereocenters. The maximum Gasteiger partial charge on any atom is 0.331 e. The van der Waals surface area contributed by atoms with Crippen LogP contribution in [0.4, 0.5) is 0 Å². The summed E-state index contributed by atoms with van der Waals surface area (Å²) in [6.45, 7) is 0. The number of nitrogens with one attached hydrogen (secondary N) is 1. The van der Waals surface area contributed by atoms with E-state index in [4.69, 9.17) is 9.47 Å². The van der Waals surface area contributed by atoms with Crippen LogP contribution in [-0.2, 0) is 23.9 Å². The number of benzene rings is 2. The standard InChI is InChI=1S/C26H27NO11/c1-27-25(35)26(36)12-20(32)24(38-23(34)9-5-15-3-7-17(29)19(31)11-15)21(13-26)37-22(33)8-4-14-2-6-16(28)18(30)10-14/h2-11,20-21,24,28-32,36H,12-13H2,1H3,(H,27,35)/b8-4+,9-5+/t20-,21-,24?,26-/m1/s1. The molecule has 3 rings (SSSR count). The number of likely N-dealkylation sites (N-methyl/N-ethyl adjacent to an activating group) is 1. The van der Waals surface area contributed by atoms with E-state index in [1.807, 2.05) is 0 Å². The van der Waals surface area contributed by atoms with E-state index >= 15 is 0 Å². The lowest BCUT2D eigenvalue weighted by Crippen LogP contribution is -2.60. The van der Waals surface area contributed by atoms with Gasteiger partial charge in [0.15, 0.2) is 29.1 Å². The van der Waals surface area contributed by atoms with E-state index in [2.05, 4.69) is 5.32 Å². The largest absolute Gasteiger partial charge is 0.504 e. The lowest BCUT2D eigenvalue weighted by molar-refractivity contribution is -0.198. The highest BCUT2D eigenvalue weighted by molar-refractivity contribution is 5.89. The second-order valence-corrected chi connectivity index (χ2v) is 8.63. The zero-order chi connectivity index (χ0) is 28.0. The first-order valence-electron chi connectivity index (χ1n) is 11.4. The Morgan fingerprint density at radius 2 is 1.34 bits per heavy atom. The number of aliphatic hydroxyl groups is 2. The third kappa shape index (κ3) is 6.81. The number of carbonyl (C=O) groups excluding carboxylic acids is 3. The van der Waals surface area contributed by atoms with Crippen LogP contribution < -0.4 is 5.32 Å². The summed E-state index contributed by atoms with van der Waals surface area (Å²) in [4.78, 5) is 37.2. The van der Waals surface area contributed by atoms with Crippen molar-refractivity contribution < 1.29 is 54.5 Å². The lowest BCUT2D eigenvalue weighted by Gasteiger charge is -2.41. The summed E-state index contributed by atoms with van der Waals surface area (Å²) >= 11 is 0. The van der Waals surface area contributed by atoms with Gasteiger partial charge in [-0.15, -0.1) is 0 Å². The van der Waals surface area contributed by atoms with Crippen molar-refractivity contribution in [2.75, 3.05) is 7.05 Å². The Morgan fingerprint density at radius 3 is 1.82 bits per heavy atom. The Kier molecular flexibility index (Phi) is 8.61. The minimum Gasteiger partial charge on any atom is -0.504 e. The maximum atomic E-state index is 12.5. The van der Waals surface area contributed by atoms with Gasteiger partial charge in [0.2, 0.25) is 0 Å². The van der Waals surface area contributed by atoms with Gasteiger partial charge in [-0.25, -0.2) is 9.59 Å². The van der Waals surface area contributed by atoms with Gasteiger partial charge in [-0.1, -0.05) is 12.1 Å². The van der Waals surface area contributed by atoms with Crippen LogP contribution in [0.1, 0.15) is 24.0 Å². The van der Waals surface area contributed by atoms with Gasteiger partial charge in [-0.05, 0) is 47.5 Å². The van der Waals surface area contributed by atoms with E-state index in [1.54, 1.807) is 0 Å². The first-order chi connectivity index (χ1) is 17.9. The van der Waals surface area contributed by atoms with Crippen LogP contribution in [0.3, 0.4) is 0 Å². The molecule has 202 valence electrons. The zero-order valence-electron chi connectivity index (χ0n) is 20.1. The molecule has 0 radical (unpaired) electrons. The van der Waals surface area contributed by atoms with Crippen LogP contribution >= 0.6 is 0 Å². The summed E-state index contributed by atoms with van der Waals surface area (Å²) in [6, 6.07) is 7.65. The summed E-state index contributed by atoms with van der Waals surface area (Å²) in [6.07, 6.45) is -0.959. The Balaban J connectivity index is 1.77. The molecule has 0 saturated heterocycles. The first-order valence-corrected chi connectivity index (χ1v) is 11.4. The van der Waals surface area contributed by atoms with Crippen molar-refractivity contribution >= 4 is 30.0 Å². The van der Waals surface area contributed by atoms with Crippen molar-refractivity contribution in [1.29, 1.82) is 0 Å². The zero-order valence-corrected chi connectivity index (χ0v) is 20.1. The van der Waals surface area contributed by atoms with Crippen LogP contribution in [0.2, 0.25) is 0 Å². The summed E-state index contributed by atoms with van der Waals surface area (Å²) in [7, 11) is 1.28. The fourth-order valence-electron chi connectivity index (χ4n) is 3.90. The number of amides is 1. The number of aliphatic hydroxyl groups excluding tert-OH is 1. The molecule has 12 heteroatoms. The molecule has 2 aromatic carbocycles. The highest BCUT2D eigenvalue weighted by Gasteiger charge is 2.51. The van der Waals surface area contributed by atoms with Gasteiger partial charge in [-0.3, -0.25) is 4.79 Å². The highest BCUT2D eigenvalue weighted by atomic mass is 16.6. The van der Waals surface area contributed by atoms with Crippen molar-refractivity contribution in [1.82, 2.24) is 5.32 Å². The third-order valence-electron chi connectivity index (χ3n) is 5.82. The molecule has 1 fully saturated rings. The predicted molar refractivity (Wildman–Crippen MR) is 132 cm³/mol. The van der Waals surface area contributed by atoms with Gasteiger partial charge in [0.05, 0.1) is 6.10 Å². The van der Waals surface area contributed by atoms with Crippen molar-refractivity contribution in [3.8, 4) is 23.0 Å². The van der Waals surface area contributed by atoms with Gasteiger partial charge >= 0.3 is 11.9 Å². The predicted octanol–water partition coefficient (Wildman–Crippen LogP) is 0.691. The first kappa shape index (κ1) is 28.0. The molecular formula is C26H27NO11. The Hall–Kier alpha value is -4.55. The molecule has 0 aromatic heterocycles. The van der Waals surface area contributed by atoms with Crippen molar-refractivity contribution in [2.24, 2.45) is 0 Å². The lowest BCUT2D eigenvalue weighted by atomic mass is 9.78. The molecular weight excluding hydrogens is 502 g/mol. The average molecular weight is 529 g/mol. The summed E-state index contributed by atoms with van der Waals surface area (Å²) in [5.41, 5.74) is -1.42. The van der Waals surface area contributed by atoms with E-state index in [0.29, 0.717) is 11.1 Å². The smallest absolute Gasteiger partial charge is 0.331 e. The van der Waals surface area contributed by atoms with E-state index in [1.165, 1.54) is 55.6 Å². The molecule has 1 unspecified atom stereocenters. The van der Waals surface area contributed by atoms with Crippen LogP contribution in [0.5, 0.6) is 23.0 Å².